The Labute approximate surface area is 122 Å². The smallest absolute Gasteiger partial charge is 0.270 e. The lowest BCUT2D eigenvalue weighted by atomic mass is 9.93. The molecule has 5 nitrogen and oxygen atoms in total. The minimum atomic E-state index is -0.498. The van der Waals surface area contributed by atoms with Crippen molar-refractivity contribution < 1.29 is 9.72 Å². The van der Waals surface area contributed by atoms with Crippen molar-refractivity contribution >= 4 is 23.2 Å². The molecule has 1 aliphatic rings. The molecule has 0 heterocycles. The van der Waals surface area contributed by atoms with Gasteiger partial charge in [0.1, 0.15) is 0 Å². The number of nitrogens with zero attached hydrogens (tertiary/aromatic N) is 2. The topological polar surface area (TPSA) is 63.5 Å². The minimum Gasteiger partial charge on any atom is -0.337 e. The fourth-order valence-corrected chi connectivity index (χ4v) is 3.06. The standard InChI is InChI=1S/C14H17ClN2O3/c1-16(13-8-3-2-7-12(13)15)14(18)10-5-4-6-11(9-10)17(19)20/h4-6,9,12-13H,2-3,7-8H2,1H3. The Morgan fingerprint density at radius 3 is 2.75 bits per heavy atom. The first kappa shape index (κ1) is 14.8. The van der Waals surface area contributed by atoms with Gasteiger partial charge in [-0.05, 0) is 18.9 Å². The average Bonchev–Trinajstić information content (AvgIpc) is 2.46. The fraction of sp³-hybridized carbons (Fsp3) is 0.500. The molecule has 2 unspecified atom stereocenters. The Hall–Kier alpha value is -1.62. The van der Waals surface area contributed by atoms with Crippen LogP contribution in [-0.4, -0.2) is 34.2 Å². The molecule has 0 aliphatic heterocycles. The van der Waals surface area contributed by atoms with Gasteiger partial charge in [-0.2, -0.15) is 0 Å². The Morgan fingerprint density at radius 2 is 2.10 bits per heavy atom. The first-order valence-electron chi connectivity index (χ1n) is 6.66. The minimum absolute atomic E-state index is 0.00261. The van der Waals surface area contributed by atoms with E-state index in [1.807, 2.05) is 0 Å². The van der Waals surface area contributed by atoms with Crippen molar-refractivity contribution in [3.05, 3.63) is 39.9 Å². The monoisotopic (exact) mass is 296 g/mol. The Kier molecular flexibility index (Phi) is 4.60. The molecule has 1 saturated carbocycles. The molecular formula is C14H17ClN2O3. The van der Waals surface area contributed by atoms with E-state index in [9.17, 15) is 14.9 Å². The summed E-state index contributed by atoms with van der Waals surface area (Å²) < 4.78 is 0. The summed E-state index contributed by atoms with van der Waals surface area (Å²) in [5, 5.41) is 10.7. The molecule has 108 valence electrons. The summed E-state index contributed by atoms with van der Waals surface area (Å²) in [6, 6.07) is 5.81. The summed E-state index contributed by atoms with van der Waals surface area (Å²) in [4.78, 5) is 24.3. The molecule has 1 aliphatic carbocycles. The molecule has 20 heavy (non-hydrogen) atoms. The largest absolute Gasteiger partial charge is 0.337 e. The lowest BCUT2D eigenvalue weighted by molar-refractivity contribution is -0.384. The van der Waals surface area contributed by atoms with Crippen LogP contribution in [0.3, 0.4) is 0 Å². The molecule has 0 saturated heterocycles. The number of carbonyl (C=O) groups excluding carboxylic acids is 1. The number of alkyl halides is 1. The van der Waals surface area contributed by atoms with Crippen LogP contribution in [0.4, 0.5) is 5.69 Å². The molecule has 2 atom stereocenters. The molecule has 6 heteroatoms. The Bertz CT molecular complexity index is 521. The van der Waals surface area contributed by atoms with Crippen molar-refractivity contribution in [1.29, 1.82) is 0 Å². The summed E-state index contributed by atoms with van der Waals surface area (Å²) in [7, 11) is 1.71. The zero-order chi connectivity index (χ0) is 14.7. The van der Waals surface area contributed by atoms with E-state index in [0.717, 1.165) is 25.7 Å². The van der Waals surface area contributed by atoms with Crippen LogP contribution in [0.15, 0.2) is 24.3 Å². The van der Waals surface area contributed by atoms with Crippen molar-refractivity contribution in [2.24, 2.45) is 0 Å². The summed E-state index contributed by atoms with van der Waals surface area (Å²) in [5.41, 5.74) is 0.256. The average molecular weight is 297 g/mol. The fourth-order valence-electron chi connectivity index (χ4n) is 2.61. The van der Waals surface area contributed by atoms with E-state index in [0.29, 0.717) is 5.56 Å². The maximum Gasteiger partial charge on any atom is 0.270 e. The number of nitro groups is 1. The number of carbonyl (C=O) groups is 1. The van der Waals surface area contributed by atoms with Crippen LogP contribution in [0.5, 0.6) is 0 Å². The lowest BCUT2D eigenvalue weighted by Gasteiger charge is -2.34. The van der Waals surface area contributed by atoms with Crippen molar-refractivity contribution in [1.82, 2.24) is 4.90 Å². The van der Waals surface area contributed by atoms with Crippen molar-refractivity contribution in [3.63, 3.8) is 0 Å². The van der Waals surface area contributed by atoms with Crippen molar-refractivity contribution in [2.45, 2.75) is 37.1 Å². The molecule has 0 spiro atoms. The summed E-state index contributed by atoms with van der Waals surface area (Å²) >= 11 is 6.29. The lowest BCUT2D eigenvalue weighted by Crippen LogP contribution is -2.44. The van der Waals surface area contributed by atoms with Crippen LogP contribution in [-0.2, 0) is 0 Å². The van der Waals surface area contributed by atoms with Gasteiger partial charge in [-0.15, -0.1) is 11.6 Å². The van der Waals surface area contributed by atoms with Gasteiger partial charge in [-0.3, -0.25) is 14.9 Å². The number of halogens is 1. The van der Waals surface area contributed by atoms with Gasteiger partial charge >= 0.3 is 0 Å². The number of non-ortho nitro benzene ring substituents is 1. The molecule has 1 amide bonds. The van der Waals surface area contributed by atoms with Gasteiger partial charge in [-0.25, -0.2) is 0 Å². The summed E-state index contributed by atoms with van der Waals surface area (Å²) in [6.07, 6.45) is 3.92. The molecule has 1 aromatic carbocycles. The number of amides is 1. The van der Waals surface area contributed by atoms with Crippen LogP contribution in [0.2, 0.25) is 0 Å². The van der Waals surface area contributed by atoms with Gasteiger partial charge in [0, 0.05) is 30.8 Å². The molecule has 2 rings (SSSR count). The molecule has 0 bridgehead atoms. The van der Waals surface area contributed by atoms with Gasteiger partial charge in [0.15, 0.2) is 0 Å². The van der Waals surface area contributed by atoms with Gasteiger partial charge in [0.05, 0.1) is 10.3 Å². The van der Waals surface area contributed by atoms with E-state index in [1.54, 1.807) is 18.0 Å². The molecule has 0 aromatic heterocycles. The second kappa shape index (κ2) is 6.22. The van der Waals surface area contributed by atoms with E-state index < -0.39 is 4.92 Å². The van der Waals surface area contributed by atoms with Crippen LogP contribution < -0.4 is 0 Å². The second-order valence-corrected chi connectivity index (χ2v) is 5.65. The maximum atomic E-state index is 12.4. The van der Waals surface area contributed by atoms with Crippen LogP contribution in [0, 0.1) is 10.1 Å². The van der Waals surface area contributed by atoms with Gasteiger partial charge in [0.2, 0.25) is 0 Å². The highest BCUT2D eigenvalue weighted by Gasteiger charge is 2.30. The van der Waals surface area contributed by atoms with E-state index in [-0.39, 0.29) is 23.0 Å². The third-order valence-electron chi connectivity index (χ3n) is 3.77. The first-order valence-corrected chi connectivity index (χ1v) is 7.10. The number of hydrogen-bond acceptors (Lipinski definition) is 3. The predicted octanol–water partition coefficient (Wildman–Crippen LogP) is 3.22. The van der Waals surface area contributed by atoms with Crippen LogP contribution in [0.1, 0.15) is 36.0 Å². The molecule has 0 N–H and O–H groups in total. The third kappa shape index (κ3) is 3.10. The number of hydrogen-bond donors (Lipinski definition) is 0. The van der Waals surface area contributed by atoms with E-state index in [1.165, 1.54) is 18.2 Å². The maximum absolute atomic E-state index is 12.4. The predicted molar refractivity (Wildman–Crippen MR) is 77.1 cm³/mol. The molecule has 0 radical (unpaired) electrons. The number of rotatable bonds is 3. The highest BCUT2D eigenvalue weighted by Crippen LogP contribution is 2.27. The quantitative estimate of drug-likeness (QED) is 0.489. The van der Waals surface area contributed by atoms with Crippen molar-refractivity contribution in [2.75, 3.05) is 7.05 Å². The van der Waals surface area contributed by atoms with Crippen LogP contribution in [0.25, 0.3) is 0 Å². The van der Waals surface area contributed by atoms with Gasteiger partial charge < -0.3 is 4.90 Å². The molecule has 1 aromatic rings. The summed E-state index contributed by atoms with van der Waals surface area (Å²) in [5.74, 6) is -0.216. The van der Waals surface area contributed by atoms with E-state index in [2.05, 4.69) is 0 Å². The Morgan fingerprint density at radius 1 is 1.40 bits per heavy atom. The second-order valence-electron chi connectivity index (χ2n) is 5.09. The van der Waals surface area contributed by atoms with Crippen LogP contribution >= 0.6 is 11.6 Å². The van der Waals surface area contributed by atoms with Gasteiger partial charge in [0.25, 0.3) is 11.6 Å². The van der Waals surface area contributed by atoms with E-state index >= 15 is 0 Å². The molecular weight excluding hydrogens is 280 g/mol. The third-order valence-corrected chi connectivity index (χ3v) is 4.28. The first-order chi connectivity index (χ1) is 9.50. The molecule has 1 fully saturated rings. The van der Waals surface area contributed by atoms with Gasteiger partial charge in [-0.1, -0.05) is 18.9 Å². The van der Waals surface area contributed by atoms with Crippen molar-refractivity contribution in [3.8, 4) is 0 Å². The highest BCUT2D eigenvalue weighted by atomic mass is 35.5. The summed E-state index contributed by atoms with van der Waals surface area (Å²) in [6.45, 7) is 0. The Balaban J connectivity index is 2.17. The highest BCUT2D eigenvalue weighted by molar-refractivity contribution is 6.21. The normalized spacial score (nSPS) is 22.3. The zero-order valence-corrected chi connectivity index (χ0v) is 12.0. The number of nitro benzene ring substituents is 1. The number of benzene rings is 1. The van der Waals surface area contributed by atoms with E-state index in [4.69, 9.17) is 11.6 Å². The SMILES string of the molecule is CN(C(=O)c1cccc([N+](=O)[O-])c1)C1CCCCC1Cl. The zero-order valence-electron chi connectivity index (χ0n) is 11.3.